The Labute approximate surface area is 170 Å². The quantitative estimate of drug-likeness (QED) is 0.216. The second-order valence-corrected chi connectivity index (χ2v) is 6.64. The van der Waals surface area contributed by atoms with E-state index in [0.29, 0.717) is 22.6 Å². The van der Waals surface area contributed by atoms with Crippen molar-refractivity contribution in [3.63, 3.8) is 0 Å². The van der Waals surface area contributed by atoms with Gasteiger partial charge in [0.1, 0.15) is 5.76 Å². The number of para-hydroxylation sites is 1. The Morgan fingerprint density at radius 2 is 1.80 bits per heavy atom. The third-order valence-corrected chi connectivity index (χ3v) is 4.68. The van der Waals surface area contributed by atoms with E-state index in [2.05, 4.69) is 4.98 Å². The Morgan fingerprint density at radius 3 is 2.53 bits per heavy atom. The van der Waals surface area contributed by atoms with Crippen molar-refractivity contribution in [3.05, 3.63) is 87.8 Å². The van der Waals surface area contributed by atoms with Gasteiger partial charge in [0, 0.05) is 39.9 Å². The molecule has 8 heteroatoms. The standard InChI is InChI=1S/C22H16N2O6/c1-13-21(16-4-2-3-5-17(16)23-13)18(25)12-29-22(26)20-11-10-19(30-20)14-6-8-15(9-7-14)24(27)28/h2-11,23H,12H2,1H3. The van der Waals surface area contributed by atoms with Gasteiger partial charge in [-0.05, 0) is 37.3 Å². The average molecular weight is 404 g/mol. The summed E-state index contributed by atoms with van der Waals surface area (Å²) in [6.07, 6.45) is 0. The number of ether oxygens (including phenoxy) is 1. The minimum Gasteiger partial charge on any atom is -0.451 e. The van der Waals surface area contributed by atoms with Crippen molar-refractivity contribution in [2.24, 2.45) is 0 Å². The van der Waals surface area contributed by atoms with E-state index in [9.17, 15) is 19.7 Å². The first-order chi connectivity index (χ1) is 14.4. The number of ketones is 1. The van der Waals surface area contributed by atoms with Crippen LogP contribution in [0.4, 0.5) is 5.69 Å². The molecule has 0 fully saturated rings. The number of rotatable bonds is 6. The van der Waals surface area contributed by atoms with Gasteiger partial charge in [0.25, 0.3) is 5.69 Å². The van der Waals surface area contributed by atoms with Crippen molar-refractivity contribution in [1.82, 2.24) is 4.98 Å². The molecular formula is C22H16N2O6. The number of furan rings is 1. The molecule has 0 aliphatic rings. The molecular weight excluding hydrogens is 388 g/mol. The maximum Gasteiger partial charge on any atom is 0.374 e. The van der Waals surface area contributed by atoms with Gasteiger partial charge in [-0.1, -0.05) is 18.2 Å². The molecule has 0 bridgehead atoms. The highest BCUT2D eigenvalue weighted by Crippen LogP contribution is 2.25. The molecule has 0 atom stereocenters. The highest BCUT2D eigenvalue weighted by Gasteiger charge is 2.20. The molecule has 2 aromatic carbocycles. The lowest BCUT2D eigenvalue weighted by molar-refractivity contribution is -0.384. The largest absolute Gasteiger partial charge is 0.451 e. The highest BCUT2D eigenvalue weighted by atomic mass is 16.6. The topological polar surface area (TPSA) is 115 Å². The van der Waals surface area contributed by atoms with Crippen LogP contribution in [0.3, 0.4) is 0 Å². The molecule has 4 rings (SSSR count). The van der Waals surface area contributed by atoms with Gasteiger partial charge in [-0.15, -0.1) is 0 Å². The molecule has 150 valence electrons. The number of hydrogen-bond donors (Lipinski definition) is 1. The van der Waals surface area contributed by atoms with E-state index in [1.807, 2.05) is 24.3 Å². The van der Waals surface area contributed by atoms with Gasteiger partial charge >= 0.3 is 5.97 Å². The zero-order valence-corrected chi connectivity index (χ0v) is 15.9. The van der Waals surface area contributed by atoms with Crippen molar-refractivity contribution >= 4 is 28.3 Å². The van der Waals surface area contributed by atoms with Crippen LogP contribution in [0.1, 0.15) is 26.6 Å². The van der Waals surface area contributed by atoms with Gasteiger partial charge in [0.15, 0.2) is 6.61 Å². The van der Waals surface area contributed by atoms with E-state index >= 15 is 0 Å². The first-order valence-corrected chi connectivity index (χ1v) is 9.06. The molecule has 2 heterocycles. The number of aromatic amines is 1. The minimum atomic E-state index is -0.769. The average Bonchev–Trinajstić information content (AvgIpc) is 3.36. The summed E-state index contributed by atoms with van der Waals surface area (Å²) in [4.78, 5) is 38.3. The Hall–Kier alpha value is -4.20. The molecule has 0 spiro atoms. The first-order valence-electron chi connectivity index (χ1n) is 9.06. The molecule has 8 nitrogen and oxygen atoms in total. The molecule has 1 N–H and O–H groups in total. The normalized spacial score (nSPS) is 10.8. The summed E-state index contributed by atoms with van der Waals surface area (Å²) in [7, 11) is 0. The van der Waals surface area contributed by atoms with Crippen molar-refractivity contribution in [2.75, 3.05) is 6.61 Å². The Balaban J connectivity index is 1.45. The van der Waals surface area contributed by atoms with Crippen LogP contribution in [0, 0.1) is 17.0 Å². The number of hydrogen-bond acceptors (Lipinski definition) is 6. The fourth-order valence-corrected chi connectivity index (χ4v) is 3.26. The number of carbonyl (C=O) groups excluding carboxylic acids is 2. The molecule has 4 aromatic rings. The summed E-state index contributed by atoms with van der Waals surface area (Å²) in [6, 6.07) is 16.1. The lowest BCUT2D eigenvalue weighted by Crippen LogP contribution is -2.14. The van der Waals surface area contributed by atoms with Crippen LogP contribution in [0.5, 0.6) is 0 Å². The van der Waals surface area contributed by atoms with Gasteiger partial charge in [-0.3, -0.25) is 14.9 Å². The molecule has 0 radical (unpaired) electrons. The van der Waals surface area contributed by atoms with E-state index in [4.69, 9.17) is 9.15 Å². The lowest BCUT2D eigenvalue weighted by atomic mass is 10.1. The zero-order valence-electron chi connectivity index (χ0n) is 15.9. The minimum absolute atomic E-state index is 0.0453. The number of H-pyrrole nitrogens is 1. The van der Waals surface area contributed by atoms with Gasteiger partial charge in [0.05, 0.1) is 4.92 Å². The number of nitro groups is 1. The van der Waals surface area contributed by atoms with Crippen molar-refractivity contribution in [1.29, 1.82) is 0 Å². The summed E-state index contributed by atoms with van der Waals surface area (Å²) in [5, 5.41) is 11.5. The van der Waals surface area contributed by atoms with Crippen molar-refractivity contribution in [3.8, 4) is 11.3 Å². The molecule has 2 aromatic heterocycles. The highest BCUT2D eigenvalue weighted by molar-refractivity contribution is 6.10. The number of aromatic nitrogens is 1. The van der Waals surface area contributed by atoms with Gasteiger partial charge in [-0.2, -0.15) is 0 Å². The van der Waals surface area contributed by atoms with Crippen LogP contribution in [0.25, 0.3) is 22.2 Å². The van der Waals surface area contributed by atoms with Crippen molar-refractivity contribution < 1.29 is 23.7 Å². The molecule has 0 saturated carbocycles. The van der Waals surface area contributed by atoms with E-state index in [-0.39, 0.29) is 17.2 Å². The Kier molecular flexibility index (Phi) is 4.89. The molecule has 0 unspecified atom stereocenters. The smallest absolute Gasteiger partial charge is 0.374 e. The number of nitrogens with zero attached hydrogens (tertiary/aromatic N) is 1. The molecule has 0 amide bonds. The number of fused-ring (bicyclic) bond motifs is 1. The van der Waals surface area contributed by atoms with Crippen LogP contribution < -0.4 is 0 Å². The van der Waals surface area contributed by atoms with Gasteiger partial charge < -0.3 is 14.1 Å². The number of aryl methyl sites for hydroxylation is 1. The molecule has 0 saturated heterocycles. The predicted octanol–water partition coefficient (Wildman–Crippen LogP) is 4.68. The molecule has 0 aliphatic carbocycles. The number of esters is 1. The van der Waals surface area contributed by atoms with Crippen molar-refractivity contribution in [2.45, 2.75) is 6.92 Å². The zero-order chi connectivity index (χ0) is 21.3. The van der Waals surface area contributed by atoms with Crippen LogP contribution in [-0.2, 0) is 4.74 Å². The number of carbonyl (C=O) groups is 2. The van der Waals surface area contributed by atoms with E-state index < -0.39 is 17.5 Å². The fourth-order valence-electron chi connectivity index (χ4n) is 3.26. The molecule has 0 aliphatic heterocycles. The number of Topliss-reactive ketones (excluding diaryl/α,β-unsaturated/α-hetero) is 1. The third kappa shape index (κ3) is 3.58. The summed E-state index contributed by atoms with van der Waals surface area (Å²) in [6.45, 7) is 1.37. The Bertz CT molecular complexity index is 1270. The van der Waals surface area contributed by atoms with E-state index in [1.165, 1.54) is 30.3 Å². The summed E-state index contributed by atoms with van der Waals surface area (Å²) in [5.74, 6) is -0.795. The maximum absolute atomic E-state index is 12.6. The predicted molar refractivity (Wildman–Crippen MR) is 108 cm³/mol. The summed E-state index contributed by atoms with van der Waals surface area (Å²) >= 11 is 0. The monoisotopic (exact) mass is 404 g/mol. The number of non-ortho nitro benzene ring substituents is 1. The SMILES string of the molecule is Cc1[nH]c2ccccc2c1C(=O)COC(=O)c1ccc(-c2ccc([N+](=O)[O-])cc2)o1. The maximum atomic E-state index is 12.6. The number of nitrogens with one attached hydrogen (secondary N) is 1. The first kappa shape index (κ1) is 19.1. The summed E-state index contributed by atoms with van der Waals surface area (Å²) < 4.78 is 10.6. The second-order valence-electron chi connectivity index (χ2n) is 6.64. The van der Waals surface area contributed by atoms with E-state index in [0.717, 1.165) is 10.9 Å². The lowest BCUT2D eigenvalue weighted by Gasteiger charge is -2.03. The van der Waals surface area contributed by atoms with Gasteiger partial charge in [-0.25, -0.2) is 4.79 Å². The number of benzene rings is 2. The fraction of sp³-hybridized carbons (Fsp3) is 0.0909. The third-order valence-electron chi connectivity index (χ3n) is 4.68. The number of nitro benzene ring substituents is 1. The Morgan fingerprint density at radius 1 is 1.07 bits per heavy atom. The van der Waals surface area contributed by atoms with Crippen LogP contribution in [0.15, 0.2) is 65.1 Å². The van der Waals surface area contributed by atoms with E-state index in [1.54, 1.807) is 13.0 Å². The summed E-state index contributed by atoms with van der Waals surface area (Å²) in [5.41, 5.74) is 2.56. The van der Waals surface area contributed by atoms with Gasteiger partial charge in [0.2, 0.25) is 11.5 Å². The van der Waals surface area contributed by atoms with Crippen LogP contribution in [-0.4, -0.2) is 28.3 Å². The molecule has 30 heavy (non-hydrogen) atoms. The second kappa shape index (κ2) is 7.67. The van der Waals surface area contributed by atoms with Crippen LogP contribution >= 0.6 is 0 Å². The van der Waals surface area contributed by atoms with Crippen LogP contribution in [0.2, 0.25) is 0 Å².